The van der Waals surface area contributed by atoms with Crippen LogP contribution in [0.15, 0.2) is 58.2 Å². The van der Waals surface area contributed by atoms with E-state index in [2.05, 4.69) is 16.0 Å². The zero-order valence-electron chi connectivity index (χ0n) is 19.6. The van der Waals surface area contributed by atoms with Crippen LogP contribution in [0, 0.1) is 28.5 Å². The van der Waals surface area contributed by atoms with E-state index in [1.54, 1.807) is 30.3 Å². The van der Waals surface area contributed by atoms with Crippen molar-refractivity contribution in [3.05, 3.63) is 76.4 Å². The van der Waals surface area contributed by atoms with E-state index in [9.17, 15) is 20.0 Å². The quantitative estimate of drug-likeness (QED) is 0.251. The van der Waals surface area contributed by atoms with Gasteiger partial charge in [0.05, 0.1) is 22.9 Å². The number of benzene rings is 2. The summed E-state index contributed by atoms with van der Waals surface area (Å²) in [6, 6.07) is 14.9. The van der Waals surface area contributed by atoms with Crippen LogP contribution in [0.25, 0.3) is 22.6 Å². The summed E-state index contributed by atoms with van der Waals surface area (Å²) in [5.74, 6) is 0.263. The number of nitrogen functional groups attached to an aromatic ring is 1. The molecular formula is C26H19ClFN5O4S. The molecule has 2 aromatic carbocycles. The van der Waals surface area contributed by atoms with E-state index in [0.29, 0.717) is 33.2 Å². The molecule has 4 rings (SSSR count). The zero-order chi connectivity index (χ0) is 27.2. The molecule has 0 saturated carbocycles. The van der Waals surface area contributed by atoms with Crippen molar-refractivity contribution < 1.29 is 23.8 Å². The van der Waals surface area contributed by atoms with E-state index >= 15 is 0 Å². The fourth-order valence-corrected chi connectivity index (χ4v) is 4.42. The fraction of sp³-hybridized carbons (Fsp3) is 0.154. The van der Waals surface area contributed by atoms with Crippen molar-refractivity contribution >= 4 is 29.2 Å². The number of thioether (sulfide) groups is 1. The van der Waals surface area contributed by atoms with E-state index in [1.165, 1.54) is 30.2 Å². The molecule has 0 aliphatic rings. The van der Waals surface area contributed by atoms with Crippen molar-refractivity contribution in [3.63, 3.8) is 0 Å². The van der Waals surface area contributed by atoms with Crippen LogP contribution in [0.4, 0.5) is 10.2 Å². The second-order valence-corrected chi connectivity index (χ2v) is 9.26. The molecule has 0 bridgehead atoms. The number of aromatic nitrogens is 2. The third kappa shape index (κ3) is 5.88. The molecule has 192 valence electrons. The first-order chi connectivity index (χ1) is 18.3. The predicted molar refractivity (Wildman–Crippen MR) is 139 cm³/mol. The minimum absolute atomic E-state index is 0.0111. The highest BCUT2D eigenvalue weighted by molar-refractivity contribution is 7.98. The minimum atomic E-state index is -1.02. The third-order valence-electron chi connectivity index (χ3n) is 5.29. The van der Waals surface area contributed by atoms with Gasteiger partial charge in [0.25, 0.3) is 0 Å². The Labute approximate surface area is 225 Å². The topological polar surface area (TPSA) is 162 Å². The normalized spacial score (nSPS) is 11.5. The number of ether oxygens (including phenoxy) is 1. The van der Waals surface area contributed by atoms with Gasteiger partial charge in [0.2, 0.25) is 5.89 Å². The number of halogens is 2. The van der Waals surface area contributed by atoms with E-state index in [4.69, 9.17) is 31.6 Å². The van der Waals surface area contributed by atoms with Crippen molar-refractivity contribution in [3.8, 4) is 40.5 Å². The van der Waals surface area contributed by atoms with Gasteiger partial charge < -0.3 is 25.1 Å². The number of aliphatic hydroxyl groups excluding tert-OH is 2. The maximum atomic E-state index is 13.8. The lowest BCUT2D eigenvalue weighted by Gasteiger charge is -2.14. The number of hydrogen-bond donors (Lipinski definition) is 3. The summed E-state index contributed by atoms with van der Waals surface area (Å²) in [6.07, 6.45) is 0.402. The maximum Gasteiger partial charge on any atom is 0.226 e. The van der Waals surface area contributed by atoms with Gasteiger partial charge in [-0.05, 0) is 35.9 Å². The van der Waals surface area contributed by atoms with E-state index < -0.39 is 18.5 Å². The fourth-order valence-electron chi connectivity index (χ4n) is 3.43. The van der Waals surface area contributed by atoms with Crippen LogP contribution >= 0.6 is 23.4 Å². The molecule has 0 saturated heterocycles. The van der Waals surface area contributed by atoms with Gasteiger partial charge in [0, 0.05) is 16.9 Å². The first-order valence-corrected chi connectivity index (χ1v) is 12.4. The smallest absolute Gasteiger partial charge is 0.226 e. The van der Waals surface area contributed by atoms with Crippen molar-refractivity contribution in [2.24, 2.45) is 0 Å². The summed E-state index contributed by atoms with van der Waals surface area (Å²) in [6.45, 7) is -0.524. The van der Waals surface area contributed by atoms with Gasteiger partial charge in [-0.25, -0.2) is 14.4 Å². The Balaban J connectivity index is 1.60. The number of oxazole rings is 1. The molecule has 0 unspecified atom stereocenters. The van der Waals surface area contributed by atoms with Crippen LogP contribution in [-0.4, -0.2) is 39.5 Å². The summed E-state index contributed by atoms with van der Waals surface area (Å²) >= 11 is 6.91. The number of nitriles is 2. The lowest BCUT2D eigenvalue weighted by molar-refractivity contribution is 0.0536. The first kappa shape index (κ1) is 26.9. The lowest BCUT2D eigenvalue weighted by atomic mass is 9.97. The van der Waals surface area contributed by atoms with Crippen LogP contribution in [-0.2, 0) is 5.75 Å². The number of nitrogens with zero attached hydrogens (tertiary/aromatic N) is 4. The van der Waals surface area contributed by atoms with Crippen LogP contribution in [0.3, 0.4) is 0 Å². The highest BCUT2D eigenvalue weighted by Crippen LogP contribution is 2.37. The van der Waals surface area contributed by atoms with E-state index in [1.807, 2.05) is 6.07 Å². The predicted octanol–water partition coefficient (Wildman–Crippen LogP) is 4.55. The molecule has 2 heterocycles. The summed E-state index contributed by atoms with van der Waals surface area (Å²) in [4.78, 5) is 8.64. The Hall–Kier alpha value is -4.13. The summed E-state index contributed by atoms with van der Waals surface area (Å²) in [5, 5.41) is 38.4. The monoisotopic (exact) mass is 551 g/mol. The maximum absolute atomic E-state index is 13.8. The molecule has 38 heavy (non-hydrogen) atoms. The molecule has 0 fully saturated rings. The number of anilines is 1. The average Bonchev–Trinajstić information content (AvgIpc) is 3.41. The molecule has 0 radical (unpaired) electrons. The van der Waals surface area contributed by atoms with Gasteiger partial charge in [0.1, 0.15) is 59.1 Å². The molecule has 9 nitrogen and oxygen atoms in total. The highest BCUT2D eigenvalue weighted by atomic mass is 35.5. The zero-order valence-corrected chi connectivity index (χ0v) is 21.1. The summed E-state index contributed by atoms with van der Waals surface area (Å²) in [7, 11) is 0. The van der Waals surface area contributed by atoms with Gasteiger partial charge in [-0.1, -0.05) is 35.5 Å². The Morgan fingerprint density at radius 3 is 2.47 bits per heavy atom. The molecule has 0 amide bonds. The Kier molecular flexibility index (Phi) is 8.46. The number of rotatable bonds is 9. The lowest BCUT2D eigenvalue weighted by Crippen LogP contribution is -2.21. The van der Waals surface area contributed by atoms with Crippen molar-refractivity contribution in [2.45, 2.75) is 16.9 Å². The van der Waals surface area contributed by atoms with Crippen LogP contribution in [0.5, 0.6) is 5.75 Å². The molecule has 2 aromatic heterocycles. The summed E-state index contributed by atoms with van der Waals surface area (Å²) in [5.41, 5.74) is 8.10. The molecule has 1 atom stereocenters. The third-order valence-corrected chi connectivity index (χ3v) is 6.60. The van der Waals surface area contributed by atoms with Crippen molar-refractivity contribution in [2.75, 3.05) is 18.9 Å². The van der Waals surface area contributed by atoms with Gasteiger partial charge in [0.15, 0.2) is 0 Å². The number of aliphatic hydroxyl groups is 2. The Bertz CT molecular complexity index is 1550. The minimum Gasteiger partial charge on any atom is -0.491 e. The van der Waals surface area contributed by atoms with Crippen LogP contribution in [0.1, 0.15) is 16.8 Å². The SMILES string of the molecule is N#Cc1c(N)nc(SCc2coc(-c3ccc(Cl)c(F)c3)n2)c(C#N)c1-c1ccc(OC[C@@H](O)CO)cc1. The average molecular weight is 552 g/mol. The number of hydrogen-bond acceptors (Lipinski definition) is 10. The highest BCUT2D eigenvalue weighted by Gasteiger charge is 2.21. The van der Waals surface area contributed by atoms with Crippen molar-refractivity contribution in [1.29, 1.82) is 10.5 Å². The molecule has 0 aliphatic carbocycles. The molecule has 0 spiro atoms. The van der Waals surface area contributed by atoms with Gasteiger partial charge in [-0.2, -0.15) is 10.5 Å². The molecular weight excluding hydrogens is 533 g/mol. The van der Waals surface area contributed by atoms with E-state index in [-0.39, 0.29) is 40.2 Å². The summed E-state index contributed by atoms with van der Waals surface area (Å²) < 4.78 is 24.7. The molecule has 4 N–H and O–H groups in total. The van der Waals surface area contributed by atoms with Gasteiger partial charge in [-0.3, -0.25) is 0 Å². The molecule has 4 aromatic rings. The number of nitrogens with two attached hydrogens (primary N) is 1. The second kappa shape index (κ2) is 11.9. The van der Waals surface area contributed by atoms with Crippen molar-refractivity contribution in [1.82, 2.24) is 9.97 Å². The molecule has 12 heteroatoms. The first-order valence-electron chi connectivity index (χ1n) is 11.0. The van der Waals surface area contributed by atoms with Crippen LogP contribution < -0.4 is 10.5 Å². The van der Waals surface area contributed by atoms with Crippen LogP contribution in [0.2, 0.25) is 5.02 Å². The Morgan fingerprint density at radius 2 is 1.82 bits per heavy atom. The number of pyridine rings is 1. The largest absolute Gasteiger partial charge is 0.491 e. The van der Waals surface area contributed by atoms with Gasteiger partial charge in [-0.15, -0.1) is 0 Å². The second-order valence-electron chi connectivity index (χ2n) is 7.88. The van der Waals surface area contributed by atoms with E-state index in [0.717, 1.165) is 0 Å². The Morgan fingerprint density at radius 1 is 1.11 bits per heavy atom. The molecule has 0 aliphatic heterocycles. The van der Waals surface area contributed by atoms with Gasteiger partial charge >= 0.3 is 0 Å². The standard InChI is InChI=1S/C26H19ClFN5O4S/c27-21-6-3-15(7-22(21)28)25-32-16(11-37-25)13-38-26-20(9-30)23(19(8-29)24(31)33-26)14-1-4-18(5-2-14)36-12-17(35)10-34/h1-7,11,17,34-35H,10,12-13H2,(H2,31,33)/t17-/m0/s1.